The molecule has 0 radical (unpaired) electrons. The average molecular weight is 247 g/mol. The summed E-state index contributed by atoms with van der Waals surface area (Å²) in [5.74, 6) is 0.369. The molecule has 0 bridgehead atoms. The third kappa shape index (κ3) is 3.01. The van der Waals surface area contributed by atoms with Gasteiger partial charge in [-0.2, -0.15) is 0 Å². The predicted octanol–water partition coefficient (Wildman–Crippen LogP) is 1.67. The molecule has 0 saturated heterocycles. The Morgan fingerprint density at radius 1 is 1.44 bits per heavy atom. The molecule has 0 saturated carbocycles. The zero-order valence-corrected chi connectivity index (χ0v) is 10.8. The van der Waals surface area contributed by atoms with E-state index in [4.69, 9.17) is 10.8 Å². The number of fused-ring (bicyclic) bond motifs is 1. The fourth-order valence-electron chi connectivity index (χ4n) is 2.29. The van der Waals surface area contributed by atoms with Gasteiger partial charge in [-0.3, -0.25) is 0 Å². The van der Waals surface area contributed by atoms with Crippen LogP contribution in [0.25, 0.3) is 0 Å². The minimum atomic E-state index is -0.119. The molecule has 1 aliphatic carbocycles. The molecule has 18 heavy (non-hydrogen) atoms. The first-order valence-corrected chi connectivity index (χ1v) is 6.56. The maximum Gasteiger partial charge on any atom is 0.193 e. The molecule has 1 aromatic carbocycles. The van der Waals surface area contributed by atoms with Crippen molar-refractivity contribution < 1.29 is 5.11 Å². The van der Waals surface area contributed by atoms with Crippen LogP contribution in [0, 0.1) is 0 Å². The number of hydrogen-bond acceptors (Lipinski definition) is 2. The number of rotatable bonds is 4. The zero-order chi connectivity index (χ0) is 13.0. The average Bonchev–Trinajstić information content (AvgIpc) is 2.83. The summed E-state index contributed by atoms with van der Waals surface area (Å²) in [6.07, 6.45) is 4.35. The molecule has 98 valence electrons. The first-order chi connectivity index (χ1) is 8.72. The van der Waals surface area contributed by atoms with E-state index >= 15 is 0 Å². The highest BCUT2D eigenvalue weighted by atomic mass is 16.3. The molecule has 0 unspecified atom stereocenters. The van der Waals surface area contributed by atoms with Crippen LogP contribution in [-0.2, 0) is 12.8 Å². The molecule has 0 aliphatic heterocycles. The Bertz CT molecular complexity index is 439. The second-order valence-corrected chi connectivity index (χ2v) is 4.72. The standard InChI is InChI=1S/C14H21N3O/c1-2-12(9-18)16-14(15)17-13-7-6-10-4-3-5-11(10)8-13/h6-8,12,18H,2-5,9H2,1H3,(H3,15,16,17)/t12-/m1/s1. The van der Waals surface area contributed by atoms with Crippen molar-refractivity contribution in [1.29, 1.82) is 0 Å². The van der Waals surface area contributed by atoms with Gasteiger partial charge in [0.2, 0.25) is 0 Å². The molecule has 0 amide bonds. The highest BCUT2D eigenvalue weighted by Gasteiger charge is 2.11. The van der Waals surface area contributed by atoms with Gasteiger partial charge in [0.1, 0.15) is 0 Å². The largest absolute Gasteiger partial charge is 0.394 e. The predicted molar refractivity (Wildman–Crippen MR) is 74.9 cm³/mol. The number of anilines is 1. The van der Waals surface area contributed by atoms with E-state index in [1.165, 1.54) is 24.0 Å². The number of nitrogens with two attached hydrogens (primary N) is 1. The normalized spacial score (nSPS) is 16.4. The van der Waals surface area contributed by atoms with Crippen LogP contribution in [0.5, 0.6) is 0 Å². The molecule has 0 heterocycles. The second kappa shape index (κ2) is 5.87. The van der Waals surface area contributed by atoms with Crippen molar-refractivity contribution >= 4 is 11.6 Å². The molecular formula is C14H21N3O. The van der Waals surface area contributed by atoms with E-state index < -0.39 is 0 Å². The van der Waals surface area contributed by atoms with Crippen LogP contribution in [0.4, 0.5) is 5.69 Å². The van der Waals surface area contributed by atoms with Crippen LogP contribution < -0.4 is 11.1 Å². The lowest BCUT2D eigenvalue weighted by Crippen LogP contribution is -2.26. The molecule has 0 fully saturated rings. The van der Waals surface area contributed by atoms with E-state index in [1.54, 1.807) is 0 Å². The number of nitrogens with zero attached hydrogens (tertiary/aromatic N) is 1. The van der Waals surface area contributed by atoms with Gasteiger partial charge in [0, 0.05) is 5.69 Å². The molecule has 0 aromatic heterocycles. The zero-order valence-electron chi connectivity index (χ0n) is 10.8. The van der Waals surface area contributed by atoms with Crippen LogP contribution >= 0.6 is 0 Å². The third-order valence-corrected chi connectivity index (χ3v) is 3.37. The summed E-state index contributed by atoms with van der Waals surface area (Å²) in [6, 6.07) is 6.21. The molecule has 1 atom stereocenters. The number of aliphatic hydroxyl groups is 1. The van der Waals surface area contributed by atoms with E-state index in [9.17, 15) is 0 Å². The summed E-state index contributed by atoms with van der Waals surface area (Å²) in [5, 5.41) is 12.2. The molecule has 4 nitrogen and oxygen atoms in total. The van der Waals surface area contributed by atoms with Crippen LogP contribution in [0.2, 0.25) is 0 Å². The SMILES string of the molecule is CC[C@H](CO)N=C(N)Nc1ccc2c(c1)CCC2. The summed E-state index contributed by atoms with van der Waals surface area (Å²) < 4.78 is 0. The lowest BCUT2D eigenvalue weighted by atomic mass is 10.1. The third-order valence-electron chi connectivity index (χ3n) is 3.37. The van der Waals surface area contributed by atoms with Crippen molar-refractivity contribution in [2.75, 3.05) is 11.9 Å². The second-order valence-electron chi connectivity index (χ2n) is 4.72. The van der Waals surface area contributed by atoms with Gasteiger partial charge in [0.05, 0.1) is 12.6 Å². The first-order valence-electron chi connectivity index (χ1n) is 6.56. The molecule has 4 N–H and O–H groups in total. The molecule has 4 heteroatoms. The smallest absolute Gasteiger partial charge is 0.193 e. The van der Waals surface area contributed by atoms with Crippen LogP contribution in [0.15, 0.2) is 23.2 Å². The molecule has 0 spiro atoms. The van der Waals surface area contributed by atoms with Gasteiger partial charge in [-0.25, -0.2) is 4.99 Å². The Balaban J connectivity index is 2.05. The summed E-state index contributed by atoms with van der Waals surface area (Å²) in [7, 11) is 0. The van der Waals surface area contributed by atoms with E-state index in [2.05, 4.69) is 22.4 Å². The number of aliphatic hydroxyl groups excluding tert-OH is 1. The minimum Gasteiger partial charge on any atom is -0.394 e. The van der Waals surface area contributed by atoms with Gasteiger partial charge in [0.25, 0.3) is 0 Å². The number of guanidine groups is 1. The summed E-state index contributed by atoms with van der Waals surface area (Å²) in [4.78, 5) is 4.24. The van der Waals surface area contributed by atoms with Crippen molar-refractivity contribution in [3.63, 3.8) is 0 Å². The van der Waals surface area contributed by atoms with Gasteiger partial charge in [-0.05, 0) is 48.9 Å². The number of aliphatic imine (C=N–C) groups is 1. The number of hydrogen-bond donors (Lipinski definition) is 3. The van der Waals surface area contributed by atoms with Gasteiger partial charge >= 0.3 is 0 Å². The van der Waals surface area contributed by atoms with Crippen molar-refractivity contribution in [2.24, 2.45) is 10.7 Å². The Morgan fingerprint density at radius 2 is 2.22 bits per heavy atom. The Kier molecular flexibility index (Phi) is 4.20. The Morgan fingerprint density at radius 3 is 2.94 bits per heavy atom. The van der Waals surface area contributed by atoms with Crippen molar-refractivity contribution in [3.05, 3.63) is 29.3 Å². The van der Waals surface area contributed by atoms with E-state index in [1.807, 2.05) is 13.0 Å². The maximum atomic E-state index is 9.08. The van der Waals surface area contributed by atoms with Crippen molar-refractivity contribution in [1.82, 2.24) is 0 Å². The summed E-state index contributed by atoms with van der Waals surface area (Å²) >= 11 is 0. The van der Waals surface area contributed by atoms with Crippen LogP contribution in [0.1, 0.15) is 30.9 Å². The van der Waals surface area contributed by atoms with Crippen molar-refractivity contribution in [3.8, 4) is 0 Å². The fourth-order valence-corrected chi connectivity index (χ4v) is 2.29. The molecule has 1 aliphatic rings. The van der Waals surface area contributed by atoms with Gasteiger partial charge in [-0.15, -0.1) is 0 Å². The van der Waals surface area contributed by atoms with Gasteiger partial charge < -0.3 is 16.2 Å². The van der Waals surface area contributed by atoms with Gasteiger partial charge in [0.15, 0.2) is 5.96 Å². The molecule has 2 rings (SSSR count). The molecule has 1 aromatic rings. The van der Waals surface area contributed by atoms with Crippen molar-refractivity contribution in [2.45, 2.75) is 38.6 Å². The molecular weight excluding hydrogens is 226 g/mol. The number of nitrogens with one attached hydrogen (secondary N) is 1. The quantitative estimate of drug-likeness (QED) is 0.560. The van der Waals surface area contributed by atoms with Crippen LogP contribution in [0.3, 0.4) is 0 Å². The Hall–Kier alpha value is -1.55. The fraction of sp³-hybridized carbons (Fsp3) is 0.500. The first kappa shape index (κ1) is 12.9. The lowest BCUT2D eigenvalue weighted by molar-refractivity contribution is 0.264. The summed E-state index contributed by atoms with van der Waals surface area (Å²) in [6.45, 7) is 2.01. The highest BCUT2D eigenvalue weighted by Crippen LogP contribution is 2.24. The number of aryl methyl sites for hydroxylation is 2. The number of benzene rings is 1. The topological polar surface area (TPSA) is 70.6 Å². The lowest BCUT2D eigenvalue weighted by Gasteiger charge is -2.11. The van der Waals surface area contributed by atoms with E-state index in [-0.39, 0.29) is 12.6 Å². The van der Waals surface area contributed by atoms with E-state index in [0.29, 0.717) is 5.96 Å². The van der Waals surface area contributed by atoms with E-state index in [0.717, 1.165) is 18.5 Å². The highest BCUT2D eigenvalue weighted by molar-refractivity contribution is 5.92. The summed E-state index contributed by atoms with van der Waals surface area (Å²) in [5.41, 5.74) is 9.65. The maximum absolute atomic E-state index is 9.08. The monoisotopic (exact) mass is 247 g/mol. The van der Waals surface area contributed by atoms with Crippen LogP contribution in [-0.4, -0.2) is 23.7 Å². The van der Waals surface area contributed by atoms with Gasteiger partial charge in [-0.1, -0.05) is 13.0 Å². The Labute approximate surface area is 108 Å². The minimum absolute atomic E-state index is 0.0308.